The number of aromatic nitrogens is 3. The number of carboxylic acids is 1. The van der Waals surface area contributed by atoms with Gasteiger partial charge in [-0.05, 0) is 36.2 Å². The summed E-state index contributed by atoms with van der Waals surface area (Å²) in [6, 6.07) is 6.66. The maximum absolute atomic E-state index is 13.6. The lowest BCUT2D eigenvalue weighted by atomic mass is 10.1. The monoisotopic (exact) mass is 527 g/mol. The number of hydrogen-bond acceptors (Lipinski definition) is 7. The highest BCUT2D eigenvalue weighted by Crippen LogP contribution is 2.41. The van der Waals surface area contributed by atoms with Crippen LogP contribution < -0.4 is 9.47 Å². The van der Waals surface area contributed by atoms with Gasteiger partial charge in [0.05, 0.1) is 10.4 Å². The van der Waals surface area contributed by atoms with E-state index in [1.54, 1.807) is 6.07 Å². The summed E-state index contributed by atoms with van der Waals surface area (Å²) < 4.78 is 78.9. The largest absolute Gasteiger partial charge is 0.481 e. The zero-order valence-corrected chi connectivity index (χ0v) is 19.5. The molecular formula is C21H16F3N3O6S2. The third-order valence-corrected chi connectivity index (χ3v) is 8.72. The molecule has 0 bridgehead atoms. The first-order valence-electron chi connectivity index (χ1n) is 10.1. The number of ether oxygens (including phenoxy) is 2. The quantitative estimate of drug-likeness (QED) is 0.402. The predicted molar refractivity (Wildman–Crippen MR) is 118 cm³/mol. The normalized spacial score (nSPS) is 13.6. The van der Waals surface area contributed by atoms with Crippen LogP contribution in [0.2, 0.25) is 0 Å². The summed E-state index contributed by atoms with van der Waals surface area (Å²) >= 11 is 0.780. The molecule has 4 heterocycles. The molecule has 4 aromatic rings. The molecule has 9 nitrogen and oxygen atoms in total. The van der Waals surface area contributed by atoms with Gasteiger partial charge in [0.1, 0.15) is 15.6 Å². The fourth-order valence-corrected chi connectivity index (χ4v) is 6.57. The van der Waals surface area contributed by atoms with Gasteiger partial charge < -0.3 is 14.6 Å². The molecule has 0 saturated heterocycles. The molecule has 35 heavy (non-hydrogen) atoms. The van der Waals surface area contributed by atoms with Crippen LogP contribution in [0.4, 0.5) is 13.2 Å². The van der Waals surface area contributed by atoms with Gasteiger partial charge in [0, 0.05) is 31.1 Å². The van der Waals surface area contributed by atoms with E-state index in [-0.39, 0.29) is 39.9 Å². The Kier molecular flexibility index (Phi) is 5.32. The first-order valence-corrected chi connectivity index (χ1v) is 12.3. The van der Waals surface area contributed by atoms with Gasteiger partial charge in [0.2, 0.25) is 6.79 Å². The first kappa shape index (κ1) is 23.2. The lowest BCUT2D eigenvalue weighted by Gasteiger charge is -2.06. The second-order valence-corrected chi connectivity index (χ2v) is 10.9. The van der Waals surface area contributed by atoms with Crippen LogP contribution in [0.25, 0.3) is 21.5 Å². The van der Waals surface area contributed by atoms with Crippen molar-refractivity contribution in [1.29, 1.82) is 0 Å². The summed E-state index contributed by atoms with van der Waals surface area (Å²) in [5.41, 5.74) is -0.211. The molecule has 0 aliphatic carbocycles. The van der Waals surface area contributed by atoms with Gasteiger partial charge in [-0.15, -0.1) is 11.3 Å². The molecule has 14 heteroatoms. The fraction of sp³-hybridized carbons (Fsp3) is 0.238. The molecule has 1 aliphatic heterocycles. The zero-order valence-electron chi connectivity index (χ0n) is 17.9. The molecule has 0 spiro atoms. The van der Waals surface area contributed by atoms with E-state index < -0.39 is 27.9 Å². The molecule has 0 saturated carbocycles. The van der Waals surface area contributed by atoms with E-state index in [4.69, 9.17) is 14.6 Å². The van der Waals surface area contributed by atoms with Crippen LogP contribution >= 0.6 is 11.3 Å². The Morgan fingerprint density at radius 1 is 1.20 bits per heavy atom. The number of carboxylic acid groups (broad SMARTS) is 1. The number of alkyl halides is 3. The van der Waals surface area contributed by atoms with Crippen LogP contribution in [0.15, 0.2) is 40.7 Å². The molecule has 1 aromatic carbocycles. The molecule has 0 atom stereocenters. The van der Waals surface area contributed by atoms with Crippen LogP contribution in [0.1, 0.15) is 17.7 Å². The molecule has 1 N–H and O–H groups in total. The van der Waals surface area contributed by atoms with Gasteiger partial charge in [-0.1, -0.05) is 0 Å². The van der Waals surface area contributed by atoms with Crippen molar-refractivity contribution in [2.75, 3.05) is 6.79 Å². The number of aryl methyl sites for hydroxylation is 2. The minimum Gasteiger partial charge on any atom is -0.481 e. The van der Waals surface area contributed by atoms with Crippen LogP contribution in [-0.2, 0) is 34.5 Å². The SMILES string of the molecule is Cn1nc(-c2ccc(S(=O)(=O)n3cc(CCC(=O)O)c4cc5c(cc43)OCO5)s2)cc1C(F)(F)F. The van der Waals surface area contributed by atoms with E-state index in [9.17, 15) is 26.4 Å². The average molecular weight is 528 g/mol. The van der Waals surface area contributed by atoms with Gasteiger partial charge >= 0.3 is 12.1 Å². The highest BCUT2D eigenvalue weighted by molar-refractivity contribution is 7.92. The number of fused-ring (bicyclic) bond motifs is 2. The Morgan fingerprint density at radius 3 is 2.57 bits per heavy atom. The summed E-state index contributed by atoms with van der Waals surface area (Å²) in [6.07, 6.45) is -3.38. The molecule has 0 amide bonds. The number of thiophene rings is 1. The first-order chi connectivity index (χ1) is 16.4. The van der Waals surface area contributed by atoms with Gasteiger partial charge in [-0.2, -0.15) is 26.7 Å². The Labute approximate surface area is 200 Å². The number of rotatable bonds is 6. The van der Waals surface area contributed by atoms with E-state index >= 15 is 0 Å². The smallest absolute Gasteiger partial charge is 0.433 e. The Bertz CT molecular complexity index is 1580. The number of nitrogens with zero attached hydrogens (tertiary/aromatic N) is 3. The van der Waals surface area contributed by atoms with Crippen molar-refractivity contribution in [2.45, 2.75) is 23.2 Å². The summed E-state index contributed by atoms with van der Waals surface area (Å²) in [7, 11) is -3.03. The van der Waals surface area contributed by atoms with E-state index in [1.807, 2.05) is 0 Å². The maximum Gasteiger partial charge on any atom is 0.433 e. The third-order valence-electron chi connectivity index (χ3n) is 5.47. The van der Waals surface area contributed by atoms with Gasteiger partial charge in [-0.25, -0.2) is 3.97 Å². The lowest BCUT2D eigenvalue weighted by Crippen LogP contribution is -2.11. The van der Waals surface area contributed by atoms with Crippen molar-refractivity contribution >= 4 is 38.2 Å². The van der Waals surface area contributed by atoms with Crippen molar-refractivity contribution in [3.63, 3.8) is 0 Å². The molecule has 0 radical (unpaired) electrons. The number of halogens is 3. The Morgan fingerprint density at radius 2 is 1.91 bits per heavy atom. The molecule has 0 fully saturated rings. The van der Waals surface area contributed by atoms with E-state index in [0.717, 1.165) is 28.4 Å². The predicted octanol–water partition coefficient (Wildman–Crippen LogP) is 4.11. The van der Waals surface area contributed by atoms with Gasteiger partial charge in [-0.3, -0.25) is 9.48 Å². The minimum atomic E-state index is -4.60. The second kappa shape index (κ2) is 8.02. The topological polar surface area (TPSA) is 113 Å². The fourth-order valence-electron chi connectivity index (χ4n) is 3.84. The lowest BCUT2D eigenvalue weighted by molar-refractivity contribution is -0.143. The van der Waals surface area contributed by atoms with Crippen molar-refractivity contribution in [1.82, 2.24) is 13.8 Å². The van der Waals surface area contributed by atoms with Crippen LogP contribution in [0.3, 0.4) is 0 Å². The number of hydrogen-bond donors (Lipinski definition) is 1. The van der Waals surface area contributed by atoms with Crippen molar-refractivity contribution in [3.8, 4) is 22.1 Å². The molecule has 184 valence electrons. The summed E-state index contributed by atoms with van der Waals surface area (Å²) in [5, 5.41) is 13.4. The molecule has 1 aliphatic rings. The van der Waals surface area contributed by atoms with Crippen LogP contribution in [0.5, 0.6) is 11.5 Å². The van der Waals surface area contributed by atoms with E-state index in [2.05, 4.69) is 5.10 Å². The summed E-state index contributed by atoms with van der Waals surface area (Å²) in [6.45, 7) is -0.0303. The van der Waals surface area contributed by atoms with Crippen LogP contribution in [-0.4, -0.2) is 40.0 Å². The Hall–Kier alpha value is -3.52. The minimum absolute atomic E-state index is 0.00541. The van der Waals surface area contributed by atoms with Crippen molar-refractivity contribution in [2.24, 2.45) is 7.05 Å². The molecular weight excluding hydrogens is 511 g/mol. The van der Waals surface area contributed by atoms with Crippen LogP contribution in [0, 0.1) is 0 Å². The second-order valence-electron chi connectivity index (χ2n) is 7.73. The zero-order chi connectivity index (χ0) is 25.1. The number of aliphatic carboxylic acids is 1. The number of carbonyl (C=O) groups is 1. The van der Waals surface area contributed by atoms with Gasteiger partial charge in [0.25, 0.3) is 10.0 Å². The van der Waals surface area contributed by atoms with E-state index in [1.165, 1.54) is 24.4 Å². The average Bonchev–Trinajstić information content (AvgIpc) is 3.54. The maximum atomic E-state index is 13.6. The summed E-state index contributed by atoms with van der Waals surface area (Å²) in [5.74, 6) is -0.277. The highest BCUT2D eigenvalue weighted by atomic mass is 32.2. The molecule has 5 rings (SSSR count). The van der Waals surface area contributed by atoms with Crippen molar-refractivity contribution < 1.29 is 41.0 Å². The highest BCUT2D eigenvalue weighted by Gasteiger charge is 2.35. The van der Waals surface area contributed by atoms with Crippen molar-refractivity contribution in [3.05, 3.63) is 47.8 Å². The molecule has 0 unspecified atom stereocenters. The standard InChI is InChI=1S/C21H16F3N3O6S2/c1-26-18(21(22,23)24)7-13(25-26)17-3-5-20(34-17)35(30,31)27-9-11(2-4-19(28)29)12-6-15-16(8-14(12)27)33-10-32-15/h3,5-9H,2,4,10H2,1H3,(H,28,29). The Balaban J connectivity index is 1.59. The third kappa shape index (κ3) is 4.01. The van der Waals surface area contributed by atoms with Gasteiger partial charge in [0.15, 0.2) is 11.5 Å². The summed E-state index contributed by atoms with van der Waals surface area (Å²) in [4.78, 5) is 11.3. The van der Waals surface area contributed by atoms with E-state index in [0.29, 0.717) is 27.1 Å². The number of benzene rings is 1. The molecule has 3 aromatic heterocycles.